The average Bonchev–Trinajstić information content (AvgIpc) is 2.47. The van der Waals surface area contributed by atoms with E-state index in [0.717, 1.165) is 11.3 Å². The summed E-state index contributed by atoms with van der Waals surface area (Å²) in [5.41, 5.74) is 8.54. The van der Waals surface area contributed by atoms with Gasteiger partial charge < -0.3 is 15.8 Å². The predicted octanol–water partition coefficient (Wildman–Crippen LogP) is 2.30. The summed E-state index contributed by atoms with van der Waals surface area (Å²) in [6, 6.07) is 9.03. The zero-order valence-electron chi connectivity index (χ0n) is 12.2. The molecule has 1 aromatic carbocycles. The second kappa shape index (κ2) is 6.74. The number of nitrogens with one attached hydrogen (secondary N) is 1. The number of carbonyl (C=O) groups excluding carboxylic acids is 1. The van der Waals surface area contributed by atoms with Crippen LogP contribution < -0.4 is 15.8 Å². The third kappa shape index (κ3) is 3.72. The molecule has 0 aliphatic rings. The van der Waals surface area contributed by atoms with Crippen LogP contribution in [0.1, 0.15) is 28.5 Å². The predicted molar refractivity (Wildman–Crippen MR) is 82.2 cm³/mol. The lowest BCUT2D eigenvalue weighted by Gasteiger charge is -2.12. The van der Waals surface area contributed by atoms with Gasteiger partial charge in [0, 0.05) is 24.1 Å². The lowest BCUT2D eigenvalue weighted by Crippen LogP contribution is -2.24. The molecule has 1 heterocycles. The highest BCUT2D eigenvalue weighted by molar-refractivity contribution is 6.01. The van der Waals surface area contributed by atoms with E-state index in [0.29, 0.717) is 30.2 Å². The summed E-state index contributed by atoms with van der Waals surface area (Å²) in [5.74, 6) is 0.245. The summed E-state index contributed by atoms with van der Waals surface area (Å²) in [7, 11) is 0. The van der Waals surface area contributed by atoms with Crippen molar-refractivity contribution in [2.24, 2.45) is 0 Å². The number of aromatic nitrogens is 1. The summed E-state index contributed by atoms with van der Waals surface area (Å²) in [5, 5.41) is 2.84. The number of anilines is 1. The normalized spacial score (nSPS) is 10.2. The highest BCUT2D eigenvalue weighted by atomic mass is 16.5. The molecule has 0 unspecified atom stereocenters. The van der Waals surface area contributed by atoms with Crippen LogP contribution in [0.2, 0.25) is 0 Å². The second-order valence-corrected chi connectivity index (χ2v) is 4.64. The van der Waals surface area contributed by atoms with Crippen molar-refractivity contribution in [3.05, 3.63) is 53.3 Å². The first-order valence-corrected chi connectivity index (χ1v) is 6.82. The number of nitrogens with zero attached hydrogens (tertiary/aromatic N) is 1. The lowest BCUT2D eigenvalue weighted by atomic mass is 10.1. The largest absolute Gasteiger partial charge is 0.493 e. The topological polar surface area (TPSA) is 77.2 Å². The van der Waals surface area contributed by atoms with Gasteiger partial charge in [0.2, 0.25) is 0 Å². The van der Waals surface area contributed by atoms with Crippen LogP contribution in [0, 0.1) is 6.92 Å². The molecular formula is C16H19N3O2. The Morgan fingerprint density at radius 2 is 2.14 bits per heavy atom. The number of hydrogen-bond donors (Lipinski definition) is 2. The van der Waals surface area contributed by atoms with E-state index in [1.165, 1.54) is 0 Å². The summed E-state index contributed by atoms with van der Waals surface area (Å²) in [4.78, 5) is 16.5. The van der Waals surface area contributed by atoms with Crippen molar-refractivity contribution >= 4 is 11.6 Å². The Morgan fingerprint density at radius 1 is 1.33 bits per heavy atom. The van der Waals surface area contributed by atoms with E-state index in [2.05, 4.69) is 10.3 Å². The first-order chi connectivity index (χ1) is 10.1. The number of hydrogen-bond acceptors (Lipinski definition) is 4. The van der Waals surface area contributed by atoms with Crippen LogP contribution >= 0.6 is 0 Å². The molecule has 0 atom stereocenters. The van der Waals surface area contributed by atoms with E-state index < -0.39 is 0 Å². The van der Waals surface area contributed by atoms with E-state index in [-0.39, 0.29) is 5.91 Å². The van der Waals surface area contributed by atoms with Gasteiger partial charge in [0.05, 0.1) is 6.61 Å². The van der Waals surface area contributed by atoms with Crippen molar-refractivity contribution in [3.8, 4) is 5.75 Å². The number of benzene rings is 1. The minimum Gasteiger partial charge on any atom is -0.493 e. The summed E-state index contributed by atoms with van der Waals surface area (Å²) < 4.78 is 5.45. The molecule has 2 aromatic rings. The number of aryl methyl sites for hydroxylation is 1. The van der Waals surface area contributed by atoms with E-state index in [4.69, 9.17) is 10.5 Å². The molecule has 0 fully saturated rings. The Balaban J connectivity index is 2.11. The number of nitrogen functional groups attached to an aromatic ring is 1. The number of ether oxygens (including phenoxy) is 1. The summed E-state index contributed by atoms with van der Waals surface area (Å²) in [6.07, 6.45) is 1.74. The molecule has 21 heavy (non-hydrogen) atoms. The van der Waals surface area contributed by atoms with Crippen LogP contribution in [0.5, 0.6) is 5.75 Å². The molecule has 5 heteroatoms. The molecule has 5 nitrogen and oxygen atoms in total. The molecule has 110 valence electrons. The Labute approximate surface area is 124 Å². The van der Waals surface area contributed by atoms with Gasteiger partial charge in [-0.2, -0.15) is 0 Å². The SMILES string of the molecule is CCOc1cccc(N)c1C(=O)NCc1ccc(C)nc1. The average molecular weight is 285 g/mol. The third-order valence-corrected chi connectivity index (χ3v) is 3.01. The number of nitrogens with two attached hydrogens (primary N) is 1. The fourth-order valence-electron chi connectivity index (χ4n) is 1.94. The van der Waals surface area contributed by atoms with Crippen molar-refractivity contribution in [1.29, 1.82) is 0 Å². The molecule has 3 N–H and O–H groups in total. The Hall–Kier alpha value is -2.56. The molecule has 0 aliphatic carbocycles. The van der Waals surface area contributed by atoms with Gasteiger partial charge in [-0.15, -0.1) is 0 Å². The van der Waals surface area contributed by atoms with E-state index in [9.17, 15) is 4.79 Å². The van der Waals surface area contributed by atoms with Gasteiger partial charge in [0.25, 0.3) is 5.91 Å². The molecule has 1 aromatic heterocycles. The van der Waals surface area contributed by atoms with Gasteiger partial charge >= 0.3 is 0 Å². The summed E-state index contributed by atoms with van der Waals surface area (Å²) >= 11 is 0. The van der Waals surface area contributed by atoms with Crippen LogP contribution in [-0.2, 0) is 6.54 Å². The number of pyridine rings is 1. The Kier molecular flexibility index (Phi) is 4.77. The molecule has 0 aliphatic heterocycles. The van der Waals surface area contributed by atoms with Crippen LogP contribution in [0.4, 0.5) is 5.69 Å². The van der Waals surface area contributed by atoms with Crippen LogP contribution in [0.25, 0.3) is 0 Å². The van der Waals surface area contributed by atoms with E-state index in [1.54, 1.807) is 24.4 Å². The van der Waals surface area contributed by atoms with Gasteiger partial charge in [-0.25, -0.2) is 0 Å². The lowest BCUT2D eigenvalue weighted by molar-refractivity contribution is 0.0948. The van der Waals surface area contributed by atoms with E-state index >= 15 is 0 Å². The summed E-state index contributed by atoms with van der Waals surface area (Å²) in [6.45, 7) is 4.65. The fraction of sp³-hybridized carbons (Fsp3) is 0.250. The van der Waals surface area contributed by atoms with Gasteiger partial charge in [0.1, 0.15) is 11.3 Å². The molecule has 0 radical (unpaired) electrons. The van der Waals surface area contributed by atoms with Gasteiger partial charge in [0.15, 0.2) is 0 Å². The van der Waals surface area contributed by atoms with Gasteiger partial charge in [-0.1, -0.05) is 12.1 Å². The zero-order valence-corrected chi connectivity index (χ0v) is 12.2. The van der Waals surface area contributed by atoms with Crippen LogP contribution in [0.3, 0.4) is 0 Å². The van der Waals surface area contributed by atoms with Crippen molar-refractivity contribution in [3.63, 3.8) is 0 Å². The monoisotopic (exact) mass is 285 g/mol. The fourth-order valence-corrected chi connectivity index (χ4v) is 1.94. The minimum atomic E-state index is -0.253. The maximum atomic E-state index is 12.3. The van der Waals surface area contributed by atoms with E-state index in [1.807, 2.05) is 26.0 Å². The van der Waals surface area contributed by atoms with Crippen LogP contribution in [0.15, 0.2) is 36.5 Å². The molecular weight excluding hydrogens is 266 g/mol. The molecule has 0 spiro atoms. The number of carbonyl (C=O) groups is 1. The first kappa shape index (κ1) is 14.8. The highest BCUT2D eigenvalue weighted by Gasteiger charge is 2.15. The molecule has 0 saturated carbocycles. The quantitative estimate of drug-likeness (QED) is 0.826. The zero-order chi connectivity index (χ0) is 15.2. The molecule has 1 amide bonds. The van der Waals surface area contributed by atoms with Crippen molar-refractivity contribution < 1.29 is 9.53 Å². The van der Waals surface area contributed by atoms with Crippen molar-refractivity contribution in [1.82, 2.24) is 10.3 Å². The van der Waals surface area contributed by atoms with Gasteiger partial charge in [-0.3, -0.25) is 9.78 Å². The van der Waals surface area contributed by atoms with Crippen molar-refractivity contribution in [2.45, 2.75) is 20.4 Å². The van der Waals surface area contributed by atoms with Crippen molar-refractivity contribution in [2.75, 3.05) is 12.3 Å². The minimum absolute atomic E-state index is 0.253. The number of amides is 1. The maximum Gasteiger partial charge on any atom is 0.257 e. The Bertz CT molecular complexity index is 624. The third-order valence-electron chi connectivity index (χ3n) is 3.01. The highest BCUT2D eigenvalue weighted by Crippen LogP contribution is 2.24. The second-order valence-electron chi connectivity index (χ2n) is 4.64. The van der Waals surface area contributed by atoms with Gasteiger partial charge in [-0.05, 0) is 37.6 Å². The standard InChI is InChI=1S/C16H19N3O2/c1-3-21-14-6-4-5-13(17)15(14)16(20)19-10-12-8-7-11(2)18-9-12/h4-9H,3,10,17H2,1-2H3,(H,19,20). The Morgan fingerprint density at radius 3 is 2.81 bits per heavy atom. The molecule has 0 saturated heterocycles. The first-order valence-electron chi connectivity index (χ1n) is 6.82. The smallest absolute Gasteiger partial charge is 0.257 e. The number of rotatable bonds is 5. The maximum absolute atomic E-state index is 12.3. The molecule has 0 bridgehead atoms. The van der Waals surface area contributed by atoms with Crippen LogP contribution in [-0.4, -0.2) is 17.5 Å². The molecule has 2 rings (SSSR count).